The van der Waals surface area contributed by atoms with Gasteiger partial charge in [-0.2, -0.15) is 8.42 Å². The Balaban J connectivity index is 0. The molecule has 0 radical (unpaired) electrons. The maximum Gasteiger partial charge on any atom is 0.507 e. The van der Waals surface area contributed by atoms with E-state index in [1.165, 1.54) is 0 Å². The van der Waals surface area contributed by atoms with Crippen molar-refractivity contribution < 1.29 is 36.3 Å². The first-order valence-electron chi connectivity index (χ1n) is 1.88. The van der Waals surface area contributed by atoms with Gasteiger partial charge in [0.25, 0.3) is 6.08 Å². The fourth-order valence-electron chi connectivity index (χ4n) is 0.0471. The number of isocyanates is 1. The van der Waals surface area contributed by atoms with E-state index in [9.17, 15) is 12.6 Å². The summed E-state index contributed by atoms with van der Waals surface area (Å²) in [7, 11) is -9.61. The molecule has 3 N–H and O–H groups in total. The van der Waals surface area contributed by atoms with Crippen LogP contribution >= 0.6 is 7.91 Å². The summed E-state index contributed by atoms with van der Waals surface area (Å²) in [5, 5.41) is 0. The number of nitrogens with zero attached hydrogens (tertiary/aromatic N) is 1. The van der Waals surface area contributed by atoms with Crippen LogP contribution in [0.15, 0.2) is 4.40 Å². The standard InChI is InChI=1S/CHNO4S.FH2O3P/c3-1-2-7(4,5)6;1-5(2,3)4/h(H,4,5,6);(H2,2,3,4). The van der Waals surface area contributed by atoms with Crippen molar-refractivity contribution in [1.29, 1.82) is 0 Å². The van der Waals surface area contributed by atoms with Gasteiger partial charge in [0, 0.05) is 0 Å². The minimum absolute atomic E-state index is 0.645. The maximum absolute atomic E-state index is 10.4. The van der Waals surface area contributed by atoms with Crippen molar-refractivity contribution in [2.45, 2.75) is 0 Å². The summed E-state index contributed by atoms with van der Waals surface area (Å²) >= 11 is 0. The summed E-state index contributed by atoms with van der Waals surface area (Å²) < 4.78 is 47.3. The monoisotopic (exact) mass is 223 g/mol. The number of rotatable bonds is 1. The zero-order chi connectivity index (χ0) is 10.4. The summed E-state index contributed by atoms with van der Waals surface area (Å²) in [5.74, 6) is 0. The van der Waals surface area contributed by atoms with E-state index in [0.29, 0.717) is 6.08 Å². The number of hydrogen-bond donors (Lipinski definition) is 3. The Morgan fingerprint density at radius 2 is 1.67 bits per heavy atom. The Morgan fingerprint density at radius 3 is 1.67 bits per heavy atom. The molecule has 0 rings (SSSR count). The first-order valence-corrected chi connectivity index (χ1v) is 4.78. The number of carbonyl (C=O) groups excluding carboxylic acids is 1. The average molecular weight is 223 g/mol. The molecule has 0 aromatic rings. The quantitative estimate of drug-likeness (QED) is 0.228. The first-order chi connectivity index (χ1) is 5.06. The third-order valence-corrected chi connectivity index (χ3v) is 0.458. The highest BCUT2D eigenvalue weighted by molar-refractivity contribution is 7.84. The van der Waals surface area contributed by atoms with E-state index in [4.69, 9.17) is 23.7 Å². The molecule has 0 spiro atoms. The molecule has 0 unspecified atom stereocenters. The lowest BCUT2D eigenvalue weighted by Crippen LogP contribution is -1.87. The molecule has 12 heavy (non-hydrogen) atoms. The molecule has 0 atom stereocenters. The average Bonchev–Trinajstić information content (AvgIpc) is 1.54. The summed E-state index contributed by atoms with van der Waals surface area (Å²) in [6.45, 7) is 0. The van der Waals surface area contributed by atoms with Gasteiger partial charge in [-0.25, -0.2) is 9.36 Å². The van der Waals surface area contributed by atoms with Crippen LogP contribution in [0.25, 0.3) is 0 Å². The number of hydrogen-bond acceptors (Lipinski definition) is 4. The SMILES string of the molecule is O=C=NS(=O)(=O)O.O=P(O)(O)F. The van der Waals surface area contributed by atoms with Crippen molar-refractivity contribution in [3.63, 3.8) is 0 Å². The zero-order valence-electron chi connectivity index (χ0n) is 5.16. The minimum Gasteiger partial charge on any atom is -0.299 e. The zero-order valence-corrected chi connectivity index (χ0v) is 6.87. The van der Waals surface area contributed by atoms with E-state index >= 15 is 0 Å². The molecule has 0 amide bonds. The second-order valence-electron chi connectivity index (χ2n) is 1.10. The van der Waals surface area contributed by atoms with Crippen molar-refractivity contribution in [3.8, 4) is 0 Å². The van der Waals surface area contributed by atoms with Crippen molar-refractivity contribution in [2.24, 2.45) is 4.40 Å². The number of halogens is 1. The van der Waals surface area contributed by atoms with Crippen LogP contribution in [-0.4, -0.2) is 28.8 Å². The largest absolute Gasteiger partial charge is 0.507 e. The van der Waals surface area contributed by atoms with E-state index in [1.54, 1.807) is 0 Å². The molecular weight excluding hydrogens is 220 g/mol. The van der Waals surface area contributed by atoms with Crippen LogP contribution in [0.4, 0.5) is 4.20 Å². The van der Waals surface area contributed by atoms with Crippen LogP contribution in [0, 0.1) is 0 Å². The van der Waals surface area contributed by atoms with E-state index in [1.807, 2.05) is 4.40 Å². The fraction of sp³-hybridized carbons (Fsp3) is 0. The van der Waals surface area contributed by atoms with Crippen LogP contribution in [-0.2, 0) is 19.7 Å². The molecule has 72 valence electrons. The molecule has 0 bridgehead atoms. The molecule has 11 heteroatoms. The lowest BCUT2D eigenvalue weighted by atomic mass is 11.7. The Labute approximate surface area is 65.9 Å². The smallest absolute Gasteiger partial charge is 0.299 e. The van der Waals surface area contributed by atoms with E-state index in [2.05, 4.69) is 0 Å². The summed E-state index contributed by atoms with van der Waals surface area (Å²) in [6.07, 6.45) is 0.645. The summed E-state index contributed by atoms with van der Waals surface area (Å²) in [4.78, 5) is 22.9. The predicted octanol–water partition coefficient (Wildman–Crippen LogP) is -0.826. The van der Waals surface area contributed by atoms with Gasteiger partial charge < -0.3 is 0 Å². The van der Waals surface area contributed by atoms with E-state index in [0.717, 1.165) is 0 Å². The molecule has 0 saturated carbocycles. The van der Waals surface area contributed by atoms with Gasteiger partial charge >= 0.3 is 18.2 Å². The van der Waals surface area contributed by atoms with Crippen LogP contribution in [0.3, 0.4) is 0 Å². The van der Waals surface area contributed by atoms with Crippen molar-refractivity contribution >= 4 is 24.3 Å². The summed E-state index contributed by atoms with van der Waals surface area (Å²) in [6, 6.07) is 0. The third kappa shape index (κ3) is 57.8. The highest BCUT2D eigenvalue weighted by atomic mass is 32.2. The highest BCUT2D eigenvalue weighted by Gasteiger charge is 2.04. The molecule has 8 nitrogen and oxygen atoms in total. The fourth-order valence-corrected chi connectivity index (χ4v) is 0.141. The van der Waals surface area contributed by atoms with Crippen molar-refractivity contribution in [3.05, 3.63) is 0 Å². The molecule has 0 saturated heterocycles. The molecular formula is CH3FNO7PS. The van der Waals surface area contributed by atoms with Gasteiger partial charge in [0.05, 0.1) is 0 Å². The first kappa shape index (κ1) is 13.9. The lowest BCUT2D eigenvalue weighted by Gasteiger charge is -1.77. The molecule has 0 fully saturated rings. The lowest BCUT2D eigenvalue weighted by molar-refractivity contribution is 0.322. The van der Waals surface area contributed by atoms with Crippen LogP contribution in [0.2, 0.25) is 0 Å². The van der Waals surface area contributed by atoms with Gasteiger partial charge in [-0.3, -0.25) is 14.3 Å². The van der Waals surface area contributed by atoms with Gasteiger partial charge in [0.1, 0.15) is 0 Å². The topological polar surface area (TPSA) is 141 Å². The van der Waals surface area contributed by atoms with Crippen LogP contribution in [0.5, 0.6) is 0 Å². The maximum atomic E-state index is 10.4. The third-order valence-electron chi connectivity index (χ3n) is 0.153. The van der Waals surface area contributed by atoms with E-state index < -0.39 is 18.2 Å². The molecule has 0 aliphatic rings. The second kappa shape index (κ2) is 5.09. The van der Waals surface area contributed by atoms with Gasteiger partial charge in [0.15, 0.2) is 0 Å². The van der Waals surface area contributed by atoms with E-state index in [-0.39, 0.29) is 0 Å². The minimum atomic E-state index is -5.14. The van der Waals surface area contributed by atoms with Crippen molar-refractivity contribution in [2.75, 3.05) is 0 Å². The highest BCUT2D eigenvalue weighted by Crippen LogP contribution is 2.34. The van der Waals surface area contributed by atoms with Crippen LogP contribution in [0.1, 0.15) is 0 Å². The Morgan fingerprint density at radius 1 is 1.42 bits per heavy atom. The molecule has 0 aliphatic carbocycles. The summed E-state index contributed by atoms with van der Waals surface area (Å²) in [5.41, 5.74) is 0. The van der Waals surface area contributed by atoms with Gasteiger partial charge in [-0.05, 0) is 0 Å². The predicted molar refractivity (Wildman–Crippen MR) is 32.8 cm³/mol. The molecule has 0 aromatic heterocycles. The Hall–Kier alpha value is -0.630. The van der Waals surface area contributed by atoms with Crippen molar-refractivity contribution in [1.82, 2.24) is 0 Å². The Bertz CT molecular complexity index is 300. The molecule has 0 heterocycles. The second-order valence-corrected chi connectivity index (χ2v) is 3.13. The van der Waals surface area contributed by atoms with Crippen LogP contribution < -0.4 is 0 Å². The normalized spacial score (nSPS) is 10.7. The Kier molecular flexibility index (Phi) is 5.91. The molecule has 0 aromatic carbocycles. The molecule has 0 aliphatic heterocycles. The van der Waals surface area contributed by atoms with Gasteiger partial charge in [-0.15, -0.1) is 4.20 Å². The van der Waals surface area contributed by atoms with Gasteiger partial charge in [0.2, 0.25) is 0 Å². The van der Waals surface area contributed by atoms with Gasteiger partial charge in [-0.1, -0.05) is 4.40 Å².